The fourth-order valence-corrected chi connectivity index (χ4v) is 1.94. The van der Waals surface area contributed by atoms with Crippen LogP contribution in [0.25, 0.3) is 0 Å². The third-order valence-corrected chi connectivity index (χ3v) is 2.90. The SMILES string of the molecule is CCOC(C1CC1)C(O)c1ccccc1. The Balaban J connectivity index is 2.07. The molecule has 2 heteroatoms. The first-order valence-corrected chi connectivity index (χ1v) is 5.67. The van der Waals surface area contributed by atoms with E-state index in [2.05, 4.69) is 0 Å². The van der Waals surface area contributed by atoms with Crippen molar-refractivity contribution in [3.63, 3.8) is 0 Å². The highest BCUT2D eigenvalue weighted by atomic mass is 16.5. The monoisotopic (exact) mass is 206 g/mol. The molecular formula is C13H18O2. The fourth-order valence-electron chi connectivity index (χ4n) is 1.94. The van der Waals surface area contributed by atoms with Gasteiger partial charge in [-0.2, -0.15) is 0 Å². The van der Waals surface area contributed by atoms with Gasteiger partial charge < -0.3 is 9.84 Å². The minimum absolute atomic E-state index is 0.0163. The maximum atomic E-state index is 10.2. The van der Waals surface area contributed by atoms with Gasteiger partial charge in [0.2, 0.25) is 0 Å². The van der Waals surface area contributed by atoms with Gasteiger partial charge in [0.25, 0.3) is 0 Å². The molecule has 0 spiro atoms. The first-order chi connectivity index (χ1) is 7.33. The molecule has 0 aliphatic heterocycles. The summed E-state index contributed by atoms with van der Waals surface area (Å²) in [4.78, 5) is 0. The first-order valence-electron chi connectivity index (χ1n) is 5.67. The zero-order chi connectivity index (χ0) is 10.7. The smallest absolute Gasteiger partial charge is 0.105 e. The molecular weight excluding hydrogens is 188 g/mol. The molecule has 2 unspecified atom stereocenters. The van der Waals surface area contributed by atoms with Crippen molar-refractivity contribution in [2.24, 2.45) is 5.92 Å². The quantitative estimate of drug-likeness (QED) is 0.802. The average molecular weight is 206 g/mol. The van der Waals surface area contributed by atoms with Gasteiger partial charge in [-0.05, 0) is 31.2 Å². The molecule has 82 valence electrons. The van der Waals surface area contributed by atoms with E-state index in [0.29, 0.717) is 12.5 Å². The Hall–Kier alpha value is -0.860. The fraction of sp³-hybridized carbons (Fsp3) is 0.538. The van der Waals surface area contributed by atoms with Crippen LogP contribution in [0.15, 0.2) is 30.3 Å². The summed E-state index contributed by atoms with van der Waals surface area (Å²) >= 11 is 0. The molecule has 0 saturated heterocycles. The van der Waals surface area contributed by atoms with Gasteiger partial charge in [0, 0.05) is 6.61 Å². The summed E-state index contributed by atoms with van der Waals surface area (Å²) < 4.78 is 5.63. The van der Waals surface area contributed by atoms with Crippen molar-refractivity contribution >= 4 is 0 Å². The van der Waals surface area contributed by atoms with E-state index in [4.69, 9.17) is 4.74 Å². The highest BCUT2D eigenvalue weighted by Crippen LogP contribution is 2.39. The van der Waals surface area contributed by atoms with Crippen molar-refractivity contribution in [2.45, 2.75) is 32.0 Å². The molecule has 2 atom stereocenters. The number of ether oxygens (including phenoxy) is 1. The van der Waals surface area contributed by atoms with Crippen LogP contribution in [0.3, 0.4) is 0 Å². The summed E-state index contributed by atoms with van der Waals surface area (Å²) in [7, 11) is 0. The standard InChI is InChI=1S/C13H18O2/c1-2-15-13(11-8-9-11)12(14)10-6-4-3-5-7-10/h3-7,11-14H,2,8-9H2,1H3. The summed E-state index contributed by atoms with van der Waals surface area (Å²) in [6, 6.07) is 9.78. The van der Waals surface area contributed by atoms with Crippen LogP contribution in [0, 0.1) is 5.92 Å². The lowest BCUT2D eigenvalue weighted by Gasteiger charge is -2.22. The molecule has 0 aromatic heterocycles. The molecule has 2 nitrogen and oxygen atoms in total. The van der Waals surface area contributed by atoms with E-state index in [1.165, 1.54) is 12.8 Å². The van der Waals surface area contributed by atoms with Crippen molar-refractivity contribution in [3.05, 3.63) is 35.9 Å². The molecule has 0 radical (unpaired) electrons. The lowest BCUT2D eigenvalue weighted by Crippen LogP contribution is -2.24. The van der Waals surface area contributed by atoms with E-state index in [1.807, 2.05) is 37.3 Å². The second-order valence-corrected chi connectivity index (χ2v) is 4.11. The number of rotatable bonds is 5. The Morgan fingerprint density at radius 1 is 1.33 bits per heavy atom. The molecule has 1 aromatic rings. The van der Waals surface area contributed by atoms with Crippen LogP contribution in [0.2, 0.25) is 0 Å². The number of aliphatic hydroxyl groups excluding tert-OH is 1. The Labute approximate surface area is 90.9 Å². The van der Waals surface area contributed by atoms with Gasteiger partial charge >= 0.3 is 0 Å². The Kier molecular flexibility index (Phi) is 3.39. The molecule has 2 rings (SSSR count). The maximum absolute atomic E-state index is 10.2. The lowest BCUT2D eigenvalue weighted by atomic mass is 10.0. The van der Waals surface area contributed by atoms with Gasteiger partial charge in [-0.25, -0.2) is 0 Å². The number of hydrogen-bond acceptors (Lipinski definition) is 2. The van der Waals surface area contributed by atoms with Crippen LogP contribution in [-0.2, 0) is 4.74 Å². The van der Waals surface area contributed by atoms with Crippen LogP contribution in [-0.4, -0.2) is 17.8 Å². The normalized spacial score (nSPS) is 19.9. The molecule has 1 fully saturated rings. The Morgan fingerprint density at radius 2 is 2.00 bits per heavy atom. The topological polar surface area (TPSA) is 29.5 Å². The van der Waals surface area contributed by atoms with Crippen molar-refractivity contribution < 1.29 is 9.84 Å². The summed E-state index contributed by atoms with van der Waals surface area (Å²) in [6.45, 7) is 2.65. The first kappa shape index (κ1) is 10.7. The zero-order valence-corrected chi connectivity index (χ0v) is 9.10. The second-order valence-electron chi connectivity index (χ2n) is 4.11. The lowest BCUT2D eigenvalue weighted by molar-refractivity contribution is -0.0461. The average Bonchev–Trinajstić information content (AvgIpc) is 3.10. The van der Waals surface area contributed by atoms with Crippen molar-refractivity contribution in [3.8, 4) is 0 Å². The van der Waals surface area contributed by atoms with Crippen LogP contribution >= 0.6 is 0 Å². The summed E-state index contributed by atoms with van der Waals surface area (Å²) in [5.74, 6) is 0.556. The van der Waals surface area contributed by atoms with Gasteiger partial charge in [-0.1, -0.05) is 30.3 Å². The summed E-state index contributed by atoms with van der Waals surface area (Å²) in [5.41, 5.74) is 0.961. The second kappa shape index (κ2) is 4.77. The minimum atomic E-state index is -0.473. The molecule has 0 amide bonds. The van der Waals surface area contributed by atoms with E-state index in [-0.39, 0.29) is 6.10 Å². The van der Waals surface area contributed by atoms with Gasteiger partial charge in [-0.15, -0.1) is 0 Å². The molecule has 1 aromatic carbocycles. The number of hydrogen-bond donors (Lipinski definition) is 1. The van der Waals surface area contributed by atoms with Gasteiger partial charge in [0.15, 0.2) is 0 Å². The van der Waals surface area contributed by atoms with E-state index in [1.54, 1.807) is 0 Å². The van der Waals surface area contributed by atoms with Crippen molar-refractivity contribution in [1.82, 2.24) is 0 Å². The van der Waals surface area contributed by atoms with Crippen LogP contribution in [0.5, 0.6) is 0 Å². The molecule has 0 heterocycles. The van der Waals surface area contributed by atoms with Crippen molar-refractivity contribution in [1.29, 1.82) is 0 Å². The molecule has 0 bridgehead atoms. The molecule has 1 N–H and O–H groups in total. The van der Waals surface area contributed by atoms with Crippen LogP contribution in [0.4, 0.5) is 0 Å². The number of benzene rings is 1. The molecule has 1 saturated carbocycles. The molecule has 1 aliphatic carbocycles. The highest BCUT2D eigenvalue weighted by molar-refractivity contribution is 5.19. The van der Waals surface area contributed by atoms with Gasteiger partial charge in [0.1, 0.15) is 6.10 Å². The largest absolute Gasteiger partial charge is 0.386 e. The van der Waals surface area contributed by atoms with E-state index in [0.717, 1.165) is 5.56 Å². The third-order valence-electron chi connectivity index (χ3n) is 2.90. The summed E-state index contributed by atoms with van der Waals surface area (Å²) in [5, 5.41) is 10.2. The molecule has 15 heavy (non-hydrogen) atoms. The van der Waals surface area contributed by atoms with Gasteiger partial charge in [-0.3, -0.25) is 0 Å². The Morgan fingerprint density at radius 3 is 2.53 bits per heavy atom. The maximum Gasteiger partial charge on any atom is 0.105 e. The Bertz CT molecular complexity index is 293. The predicted molar refractivity (Wildman–Crippen MR) is 59.5 cm³/mol. The summed E-state index contributed by atoms with van der Waals surface area (Å²) in [6.07, 6.45) is 1.89. The van der Waals surface area contributed by atoms with Crippen LogP contribution < -0.4 is 0 Å². The predicted octanol–water partition coefficient (Wildman–Crippen LogP) is 2.54. The third kappa shape index (κ3) is 2.58. The number of aliphatic hydroxyl groups is 1. The van der Waals surface area contributed by atoms with Crippen LogP contribution in [0.1, 0.15) is 31.4 Å². The van der Waals surface area contributed by atoms with E-state index in [9.17, 15) is 5.11 Å². The van der Waals surface area contributed by atoms with E-state index < -0.39 is 6.10 Å². The van der Waals surface area contributed by atoms with Crippen molar-refractivity contribution in [2.75, 3.05) is 6.61 Å². The minimum Gasteiger partial charge on any atom is -0.386 e. The zero-order valence-electron chi connectivity index (χ0n) is 9.10. The highest BCUT2D eigenvalue weighted by Gasteiger charge is 2.37. The van der Waals surface area contributed by atoms with Gasteiger partial charge in [0.05, 0.1) is 6.10 Å². The molecule has 1 aliphatic rings. The van der Waals surface area contributed by atoms with E-state index >= 15 is 0 Å².